The van der Waals surface area contributed by atoms with Gasteiger partial charge in [0, 0.05) is 5.56 Å². The molecule has 0 radical (unpaired) electrons. The summed E-state index contributed by atoms with van der Waals surface area (Å²) in [5.74, 6) is -0.223. The fourth-order valence-corrected chi connectivity index (χ4v) is 3.47. The standard InChI is InChI=1S/C21H24O4/c1-4-5-6-7-13-10-17(22)19-15-12-14(20(23)24)8-9-16(15)21(2,3)25-18(19)11-13/h8-12,22H,4-7H2,1-3H3,(H,23,24). The van der Waals surface area contributed by atoms with Crippen LogP contribution < -0.4 is 4.74 Å². The maximum absolute atomic E-state index is 11.4. The molecule has 0 fully saturated rings. The number of aryl methyl sites for hydroxylation is 1. The summed E-state index contributed by atoms with van der Waals surface area (Å²) in [4.78, 5) is 11.4. The maximum Gasteiger partial charge on any atom is 0.335 e. The van der Waals surface area contributed by atoms with Gasteiger partial charge in [0.1, 0.15) is 17.1 Å². The molecule has 1 aliphatic heterocycles. The summed E-state index contributed by atoms with van der Waals surface area (Å²) in [7, 11) is 0. The van der Waals surface area contributed by atoms with E-state index in [2.05, 4.69) is 6.92 Å². The van der Waals surface area contributed by atoms with Gasteiger partial charge < -0.3 is 14.9 Å². The Bertz CT molecular complexity index is 821. The lowest BCUT2D eigenvalue weighted by Gasteiger charge is -2.35. The van der Waals surface area contributed by atoms with Crippen LogP contribution in [0.5, 0.6) is 11.5 Å². The third-order valence-corrected chi connectivity index (χ3v) is 4.76. The second-order valence-electron chi connectivity index (χ2n) is 7.12. The second kappa shape index (κ2) is 6.43. The topological polar surface area (TPSA) is 66.8 Å². The van der Waals surface area contributed by atoms with Gasteiger partial charge in [0.2, 0.25) is 0 Å². The van der Waals surface area contributed by atoms with E-state index >= 15 is 0 Å². The Morgan fingerprint density at radius 3 is 2.60 bits per heavy atom. The van der Waals surface area contributed by atoms with E-state index in [0.29, 0.717) is 11.3 Å². The van der Waals surface area contributed by atoms with Crippen LogP contribution in [0, 0.1) is 0 Å². The summed E-state index contributed by atoms with van der Waals surface area (Å²) in [6.07, 6.45) is 4.25. The average molecular weight is 340 g/mol. The van der Waals surface area contributed by atoms with Crippen molar-refractivity contribution >= 4 is 5.97 Å². The number of rotatable bonds is 5. The quantitative estimate of drug-likeness (QED) is 0.742. The van der Waals surface area contributed by atoms with E-state index in [1.54, 1.807) is 24.3 Å². The van der Waals surface area contributed by atoms with Crippen molar-refractivity contribution in [3.8, 4) is 22.6 Å². The molecule has 0 saturated carbocycles. The number of unbranched alkanes of at least 4 members (excludes halogenated alkanes) is 2. The first-order valence-electron chi connectivity index (χ1n) is 8.76. The number of carboxylic acid groups (broad SMARTS) is 1. The highest BCUT2D eigenvalue weighted by Crippen LogP contribution is 2.49. The number of carboxylic acids is 1. The number of phenolic OH excluding ortho intramolecular Hbond substituents is 1. The number of aromatic carboxylic acids is 1. The number of aromatic hydroxyl groups is 1. The molecule has 1 aliphatic rings. The van der Waals surface area contributed by atoms with E-state index in [1.165, 1.54) is 0 Å². The molecule has 0 spiro atoms. The van der Waals surface area contributed by atoms with Crippen molar-refractivity contribution in [3.05, 3.63) is 47.0 Å². The number of fused-ring (bicyclic) bond motifs is 3. The maximum atomic E-state index is 11.4. The van der Waals surface area contributed by atoms with Crippen LogP contribution in [0.15, 0.2) is 30.3 Å². The van der Waals surface area contributed by atoms with Crippen LogP contribution in [0.2, 0.25) is 0 Å². The fraction of sp³-hybridized carbons (Fsp3) is 0.381. The van der Waals surface area contributed by atoms with Gasteiger partial charge in [0.25, 0.3) is 0 Å². The van der Waals surface area contributed by atoms with Crippen LogP contribution in [-0.2, 0) is 12.0 Å². The SMILES string of the molecule is CCCCCc1cc(O)c2c(c1)OC(C)(C)c1ccc(C(=O)O)cc1-2. The lowest BCUT2D eigenvalue weighted by molar-refractivity contribution is 0.0695. The summed E-state index contributed by atoms with van der Waals surface area (Å²) in [5, 5.41) is 19.9. The Kier molecular flexibility index (Phi) is 4.46. The van der Waals surface area contributed by atoms with Gasteiger partial charge in [-0.1, -0.05) is 25.8 Å². The van der Waals surface area contributed by atoms with E-state index in [9.17, 15) is 15.0 Å². The molecule has 0 amide bonds. The molecule has 0 aliphatic carbocycles. The summed E-state index contributed by atoms with van der Waals surface area (Å²) in [6.45, 7) is 6.07. The number of benzene rings is 2. The van der Waals surface area contributed by atoms with Gasteiger partial charge in [-0.05, 0) is 62.1 Å². The predicted octanol–water partition coefficient (Wildman–Crippen LogP) is 5.12. The van der Waals surface area contributed by atoms with Gasteiger partial charge in [-0.25, -0.2) is 4.79 Å². The predicted molar refractivity (Wildman–Crippen MR) is 97.4 cm³/mol. The van der Waals surface area contributed by atoms with Gasteiger partial charge in [-0.3, -0.25) is 0 Å². The van der Waals surface area contributed by atoms with Crippen LogP contribution in [-0.4, -0.2) is 16.2 Å². The minimum absolute atomic E-state index is 0.142. The van der Waals surface area contributed by atoms with E-state index in [4.69, 9.17) is 4.74 Å². The average Bonchev–Trinajstić information content (AvgIpc) is 2.53. The fourth-order valence-electron chi connectivity index (χ4n) is 3.47. The van der Waals surface area contributed by atoms with Crippen molar-refractivity contribution in [2.45, 2.75) is 52.1 Å². The highest BCUT2D eigenvalue weighted by molar-refractivity contribution is 5.92. The minimum atomic E-state index is -0.982. The first-order valence-corrected chi connectivity index (χ1v) is 8.76. The van der Waals surface area contributed by atoms with Gasteiger partial charge in [-0.2, -0.15) is 0 Å². The third-order valence-electron chi connectivity index (χ3n) is 4.76. The van der Waals surface area contributed by atoms with Gasteiger partial charge >= 0.3 is 5.97 Å². The molecule has 2 N–H and O–H groups in total. The lowest BCUT2D eigenvalue weighted by atomic mass is 9.84. The molecule has 3 rings (SSSR count). The van der Waals surface area contributed by atoms with Crippen molar-refractivity contribution in [3.63, 3.8) is 0 Å². The van der Waals surface area contributed by atoms with Gasteiger partial charge in [0.15, 0.2) is 0 Å². The number of carbonyl (C=O) groups is 1. The van der Waals surface area contributed by atoms with E-state index in [-0.39, 0.29) is 11.3 Å². The molecule has 4 heteroatoms. The van der Waals surface area contributed by atoms with Crippen LogP contribution in [0.3, 0.4) is 0 Å². The molecule has 2 aromatic carbocycles. The Morgan fingerprint density at radius 2 is 1.92 bits per heavy atom. The lowest BCUT2D eigenvalue weighted by Crippen LogP contribution is -2.29. The van der Waals surface area contributed by atoms with Crippen LogP contribution in [0.1, 0.15) is 61.5 Å². The Labute approximate surface area is 148 Å². The molecular weight excluding hydrogens is 316 g/mol. The molecule has 132 valence electrons. The van der Waals surface area contributed by atoms with E-state index < -0.39 is 11.6 Å². The number of ether oxygens (including phenoxy) is 1. The van der Waals surface area contributed by atoms with Crippen LogP contribution in [0.25, 0.3) is 11.1 Å². The summed E-state index contributed by atoms with van der Waals surface area (Å²) in [5.41, 5.74) is 2.83. The van der Waals surface area contributed by atoms with Crippen LogP contribution in [0.4, 0.5) is 0 Å². The Hall–Kier alpha value is -2.49. The zero-order valence-electron chi connectivity index (χ0n) is 14.9. The summed E-state index contributed by atoms with van der Waals surface area (Å²) in [6, 6.07) is 8.72. The summed E-state index contributed by atoms with van der Waals surface area (Å²) < 4.78 is 6.17. The molecule has 0 bridgehead atoms. The summed E-state index contributed by atoms with van der Waals surface area (Å²) >= 11 is 0. The van der Waals surface area contributed by atoms with Crippen molar-refractivity contribution in [2.24, 2.45) is 0 Å². The molecule has 0 aromatic heterocycles. The molecule has 4 nitrogen and oxygen atoms in total. The first-order chi connectivity index (χ1) is 11.8. The highest BCUT2D eigenvalue weighted by Gasteiger charge is 2.34. The van der Waals surface area contributed by atoms with E-state index in [0.717, 1.165) is 42.4 Å². The normalized spacial score (nSPS) is 14.4. The van der Waals surface area contributed by atoms with Crippen molar-refractivity contribution in [2.75, 3.05) is 0 Å². The molecule has 0 unspecified atom stereocenters. The zero-order valence-corrected chi connectivity index (χ0v) is 14.9. The van der Waals surface area contributed by atoms with Gasteiger partial charge in [-0.15, -0.1) is 0 Å². The molecule has 2 aromatic rings. The number of phenols is 1. The molecular formula is C21H24O4. The molecule has 0 atom stereocenters. The first kappa shape index (κ1) is 17.3. The number of hydrogen-bond acceptors (Lipinski definition) is 3. The number of hydrogen-bond donors (Lipinski definition) is 2. The Balaban J connectivity index is 2.12. The van der Waals surface area contributed by atoms with Gasteiger partial charge in [0.05, 0.1) is 11.1 Å². The molecule has 0 saturated heterocycles. The molecule has 25 heavy (non-hydrogen) atoms. The molecule has 1 heterocycles. The zero-order chi connectivity index (χ0) is 18.2. The smallest absolute Gasteiger partial charge is 0.335 e. The van der Waals surface area contributed by atoms with Crippen LogP contribution >= 0.6 is 0 Å². The highest BCUT2D eigenvalue weighted by atomic mass is 16.5. The van der Waals surface area contributed by atoms with Crippen molar-refractivity contribution in [1.29, 1.82) is 0 Å². The van der Waals surface area contributed by atoms with Crippen molar-refractivity contribution < 1.29 is 19.7 Å². The second-order valence-corrected chi connectivity index (χ2v) is 7.12. The monoisotopic (exact) mass is 340 g/mol. The largest absolute Gasteiger partial charge is 0.507 e. The third kappa shape index (κ3) is 3.21. The minimum Gasteiger partial charge on any atom is -0.507 e. The Morgan fingerprint density at radius 1 is 1.16 bits per heavy atom. The van der Waals surface area contributed by atoms with E-state index in [1.807, 2.05) is 19.9 Å². The van der Waals surface area contributed by atoms with Crippen molar-refractivity contribution in [1.82, 2.24) is 0 Å².